The van der Waals surface area contributed by atoms with Crippen molar-refractivity contribution in [2.24, 2.45) is 5.41 Å². The number of likely N-dealkylation sites (N-methyl/N-ethyl adjacent to an activating group) is 1. The topological polar surface area (TPSA) is 61.5 Å². The number of aromatic nitrogens is 2. The minimum atomic E-state index is -0.798. The van der Waals surface area contributed by atoms with Gasteiger partial charge >= 0.3 is 0 Å². The Labute approximate surface area is 167 Å². The van der Waals surface area contributed by atoms with Crippen LogP contribution in [0.15, 0.2) is 30.6 Å². The number of hydrogen-bond acceptors (Lipinski definition) is 4. The average Bonchev–Trinajstić information content (AvgIpc) is 2.94. The van der Waals surface area contributed by atoms with Gasteiger partial charge in [-0.2, -0.15) is 0 Å². The van der Waals surface area contributed by atoms with Crippen LogP contribution in [0.5, 0.6) is 0 Å². The SMILES string of the molecule is CN1CCc2c(c3c(n2CC(O)c2ccncc2)C=CC(C)(C(C)(C)O)C3)C1. The molecule has 0 bridgehead atoms. The van der Waals surface area contributed by atoms with E-state index in [2.05, 4.69) is 40.6 Å². The van der Waals surface area contributed by atoms with E-state index in [-0.39, 0.29) is 5.41 Å². The molecule has 0 saturated heterocycles. The van der Waals surface area contributed by atoms with Crippen LogP contribution in [-0.4, -0.2) is 43.9 Å². The highest BCUT2D eigenvalue weighted by Crippen LogP contribution is 2.44. The van der Waals surface area contributed by atoms with E-state index in [1.54, 1.807) is 12.4 Å². The third kappa shape index (κ3) is 3.21. The molecule has 4 rings (SSSR count). The number of nitrogens with zero attached hydrogens (tertiary/aromatic N) is 3. The van der Waals surface area contributed by atoms with Gasteiger partial charge in [0.1, 0.15) is 0 Å². The van der Waals surface area contributed by atoms with Crippen LogP contribution in [0, 0.1) is 5.41 Å². The molecule has 2 atom stereocenters. The molecule has 0 amide bonds. The van der Waals surface area contributed by atoms with E-state index in [4.69, 9.17) is 0 Å². The molecular formula is C23H31N3O2. The molecule has 2 aromatic rings. The first-order valence-corrected chi connectivity index (χ1v) is 10.1. The largest absolute Gasteiger partial charge is 0.390 e. The van der Waals surface area contributed by atoms with E-state index in [1.165, 1.54) is 22.5 Å². The van der Waals surface area contributed by atoms with Gasteiger partial charge in [-0.05, 0) is 62.2 Å². The van der Waals surface area contributed by atoms with Gasteiger partial charge in [0, 0.05) is 48.7 Å². The van der Waals surface area contributed by atoms with Crippen LogP contribution in [0.4, 0.5) is 0 Å². The molecule has 1 aliphatic heterocycles. The molecule has 2 unspecified atom stereocenters. The molecule has 2 aromatic heterocycles. The second kappa shape index (κ2) is 6.83. The van der Waals surface area contributed by atoms with E-state index in [9.17, 15) is 10.2 Å². The van der Waals surface area contributed by atoms with Gasteiger partial charge in [0.2, 0.25) is 0 Å². The van der Waals surface area contributed by atoms with Crippen molar-refractivity contribution in [2.45, 2.75) is 58.4 Å². The number of aliphatic hydroxyl groups is 2. The van der Waals surface area contributed by atoms with Crippen molar-refractivity contribution in [3.8, 4) is 0 Å². The summed E-state index contributed by atoms with van der Waals surface area (Å²) in [5, 5.41) is 21.6. The van der Waals surface area contributed by atoms with Gasteiger partial charge in [-0.15, -0.1) is 0 Å². The zero-order valence-electron chi connectivity index (χ0n) is 17.3. The Morgan fingerprint density at radius 1 is 1.25 bits per heavy atom. The van der Waals surface area contributed by atoms with Gasteiger partial charge in [0.15, 0.2) is 0 Å². The fraction of sp³-hybridized carbons (Fsp3) is 0.522. The predicted molar refractivity (Wildman–Crippen MR) is 111 cm³/mol. The Bertz CT molecular complexity index is 895. The third-order valence-corrected chi connectivity index (χ3v) is 6.79. The molecule has 5 heteroatoms. The molecule has 28 heavy (non-hydrogen) atoms. The van der Waals surface area contributed by atoms with Gasteiger partial charge in [-0.3, -0.25) is 4.98 Å². The maximum atomic E-state index is 10.9. The molecule has 2 N–H and O–H groups in total. The summed E-state index contributed by atoms with van der Waals surface area (Å²) in [5.74, 6) is 0. The fourth-order valence-corrected chi connectivity index (χ4v) is 4.49. The van der Waals surface area contributed by atoms with Crippen molar-refractivity contribution in [1.29, 1.82) is 0 Å². The van der Waals surface area contributed by atoms with E-state index in [1.807, 2.05) is 26.0 Å². The summed E-state index contributed by atoms with van der Waals surface area (Å²) in [6, 6.07) is 3.75. The van der Waals surface area contributed by atoms with Crippen LogP contribution < -0.4 is 0 Å². The fourth-order valence-electron chi connectivity index (χ4n) is 4.49. The molecule has 0 saturated carbocycles. The molecule has 2 aliphatic rings. The lowest BCUT2D eigenvalue weighted by atomic mass is 9.68. The maximum absolute atomic E-state index is 10.9. The smallest absolute Gasteiger partial charge is 0.0970 e. The Morgan fingerprint density at radius 3 is 2.64 bits per heavy atom. The summed E-state index contributed by atoms with van der Waals surface area (Å²) < 4.78 is 2.31. The number of hydrogen-bond donors (Lipinski definition) is 2. The highest BCUT2D eigenvalue weighted by atomic mass is 16.3. The van der Waals surface area contributed by atoms with Crippen molar-refractivity contribution < 1.29 is 10.2 Å². The van der Waals surface area contributed by atoms with Gasteiger partial charge in [-0.25, -0.2) is 0 Å². The van der Waals surface area contributed by atoms with Crippen LogP contribution >= 0.6 is 0 Å². The Balaban J connectivity index is 1.76. The predicted octanol–water partition coefficient (Wildman–Crippen LogP) is 2.95. The summed E-state index contributed by atoms with van der Waals surface area (Å²) in [6.45, 7) is 8.40. The van der Waals surface area contributed by atoms with E-state index in [0.717, 1.165) is 31.5 Å². The second-order valence-corrected chi connectivity index (χ2v) is 9.17. The highest BCUT2D eigenvalue weighted by Gasteiger charge is 2.42. The maximum Gasteiger partial charge on any atom is 0.0970 e. The first-order valence-electron chi connectivity index (χ1n) is 10.1. The van der Waals surface area contributed by atoms with Crippen molar-refractivity contribution >= 4 is 6.08 Å². The van der Waals surface area contributed by atoms with Gasteiger partial charge in [0.25, 0.3) is 0 Å². The summed E-state index contributed by atoms with van der Waals surface area (Å²) in [7, 11) is 2.16. The molecule has 5 nitrogen and oxygen atoms in total. The Kier molecular flexibility index (Phi) is 4.73. The van der Waals surface area contributed by atoms with Crippen LogP contribution in [0.1, 0.15) is 55.0 Å². The first-order chi connectivity index (χ1) is 13.2. The van der Waals surface area contributed by atoms with E-state index < -0.39 is 11.7 Å². The zero-order chi connectivity index (χ0) is 20.1. The molecule has 3 heterocycles. The summed E-state index contributed by atoms with van der Waals surface area (Å²) in [6.07, 6.45) is 8.99. The monoisotopic (exact) mass is 381 g/mol. The van der Waals surface area contributed by atoms with E-state index in [0.29, 0.717) is 6.54 Å². The van der Waals surface area contributed by atoms with Crippen molar-refractivity contribution in [3.63, 3.8) is 0 Å². The summed E-state index contributed by atoms with van der Waals surface area (Å²) in [4.78, 5) is 6.41. The standard InChI is InChI=1S/C23H31N3O2/c1-22(2,28)23(3)9-5-19-17(13-23)18-14-25(4)12-8-20(18)26(19)15-21(27)16-6-10-24-11-7-16/h5-7,9-11,21,27-28H,8,12-15H2,1-4H3. The molecule has 0 fully saturated rings. The van der Waals surface area contributed by atoms with Gasteiger partial charge in [-0.1, -0.05) is 13.0 Å². The lowest BCUT2D eigenvalue weighted by molar-refractivity contribution is -0.0176. The minimum absolute atomic E-state index is 0.306. The third-order valence-electron chi connectivity index (χ3n) is 6.79. The zero-order valence-corrected chi connectivity index (χ0v) is 17.3. The van der Waals surface area contributed by atoms with E-state index >= 15 is 0 Å². The molecule has 1 aliphatic carbocycles. The minimum Gasteiger partial charge on any atom is -0.390 e. The molecule has 0 spiro atoms. The van der Waals surface area contributed by atoms with Crippen molar-refractivity contribution in [2.75, 3.05) is 13.6 Å². The van der Waals surface area contributed by atoms with Crippen LogP contribution in [0.2, 0.25) is 0 Å². The highest BCUT2D eigenvalue weighted by molar-refractivity contribution is 5.61. The normalized spacial score (nSPS) is 23.4. The van der Waals surface area contributed by atoms with Crippen LogP contribution in [0.3, 0.4) is 0 Å². The summed E-state index contributed by atoms with van der Waals surface area (Å²) in [5.41, 5.74) is 5.02. The van der Waals surface area contributed by atoms with Crippen molar-refractivity contribution in [3.05, 3.63) is 58.7 Å². The number of pyridine rings is 1. The first kappa shape index (κ1) is 19.4. The quantitative estimate of drug-likeness (QED) is 0.855. The van der Waals surface area contributed by atoms with Gasteiger partial charge < -0.3 is 19.7 Å². The summed E-state index contributed by atoms with van der Waals surface area (Å²) >= 11 is 0. The number of fused-ring (bicyclic) bond motifs is 3. The average molecular weight is 382 g/mol. The number of rotatable bonds is 4. The number of aliphatic hydroxyl groups excluding tert-OH is 1. The lowest BCUT2D eigenvalue weighted by Crippen LogP contribution is -2.42. The van der Waals surface area contributed by atoms with Crippen molar-refractivity contribution in [1.82, 2.24) is 14.5 Å². The second-order valence-electron chi connectivity index (χ2n) is 9.17. The lowest BCUT2D eigenvalue weighted by Gasteiger charge is -2.40. The molecule has 150 valence electrons. The Hall–Kier alpha value is -1.95. The Morgan fingerprint density at radius 2 is 1.96 bits per heavy atom. The molecule has 0 aromatic carbocycles. The molecular weight excluding hydrogens is 350 g/mol. The van der Waals surface area contributed by atoms with Gasteiger partial charge in [0.05, 0.1) is 18.2 Å². The molecule has 0 radical (unpaired) electrons. The van der Waals surface area contributed by atoms with Crippen LogP contribution in [0.25, 0.3) is 6.08 Å². The van der Waals surface area contributed by atoms with Crippen LogP contribution in [-0.2, 0) is 25.9 Å².